The summed E-state index contributed by atoms with van der Waals surface area (Å²) in [5.41, 5.74) is 2.60. The molecule has 0 saturated heterocycles. The fourth-order valence-corrected chi connectivity index (χ4v) is 4.46. The van der Waals surface area contributed by atoms with E-state index < -0.39 is 11.4 Å². The molecule has 0 unspecified atom stereocenters. The largest absolute Gasteiger partial charge is 0.493 e. The zero-order valence-corrected chi connectivity index (χ0v) is 19.0. The molecule has 3 aromatic rings. The molecule has 0 fully saturated rings. The van der Waals surface area contributed by atoms with E-state index in [1.165, 1.54) is 23.6 Å². The Hall–Kier alpha value is -3.17. The molecular weight excluding hydrogens is 430 g/mol. The maximum atomic E-state index is 12.5. The van der Waals surface area contributed by atoms with Gasteiger partial charge in [0.2, 0.25) is 0 Å². The van der Waals surface area contributed by atoms with Gasteiger partial charge in [0.15, 0.2) is 5.43 Å². The average molecular weight is 456 g/mol. The van der Waals surface area contributed by atoms with E-state index in [9.17, 15) is 14.7 Å². The fraction of sp³-hybridized carbons (Fsp3) is 0.348. The highest BCUT2D eigenvalue weighted by Gasteiger charge is 2.27. The summed E-state index contributed by atoms with van der Waals surface area (Å²) < 4.78 is 13.0. The summed E-state index contributed by atoms with van der Waals surface area (Å²) in [7, 11) is 1.66. The number of methoxy groups -OCH3 is 1. The van der Waals surface area contributed by atoms with Crippen LogP contribution in [-0.4, -0.2) is 47.1 Å². The van der Waals surface area contributed by atoms with E-state index in [0.29, 0.717) is 25.5 Å². The number of hydrogen-bond acceptors (Lipinski definition) is 7. The van der Waals surface area contributed by atoms with Gasteiger partial charge in [0.25, 0.3) is 0 Å². The van der Waals surface area contributed by atoms with Crippen LogP contribution >= 0.6 is 11.3 Å². The number of pyridine rings is 1. The fourth-order valence-electron chi connectivity index (χ4n) is 3.80. The van der Waals surface area contributed by atoms with Crippen molar-refractivity contribution in [3.05, 3.63) is 57.3 Å². The number of hydrogen-bond donors (Lipinski definition) is 1. The van der Waals surface area contributed by atoms with Crippen LogP contribution in [0.25, 0.3) is 21.8 Å². The van der Waals surface area contributed by atoms with Gasteiger partial charge in [0.05, 0.1) is 24.4 Å². The van der Waals surface area contributed by atoms with Crippen molar-refractivity contribution in [2.45, 2.75) is 32.9 Å². The monoisotopic (exact) mass is 455 g/mol. The van der Waals surface area contributed by atoms with Crippen molar-refractivity contribution in [2.24, 2.45) is 0 Å². The zero-order chi connectivity index (χ0) is 22.8. The second kappa shape index (κ2) is 9.13. The molecule has 0 amide bonds. The van der Waals surface area contributed by atoms with Crippen molar-refractivity contribution in [3.8, 4) is 27.6 Å². The SMILES string of the molecule is COCCCOc1cc2c(cc1-c1nccs1)-c1cc(=O)c(C(=O)O)cn1N(C(C)C)C2. The molecule has 0 spiro atoms. The Labute approximate surface area is 189 Å². The Morgan fingerprint density at radius 1 is 1.25 bits per heavy atom. The highest BCUT2D eigenvalue weighted by atomic mass is 32.1. The summed E-state index contributed by atoms with van der Waals surface area (Å²) in [6, 6.07) is 5.48. The van der Waals surface area contributed by atoms with E-state index in [2.05, 4.69) is 4.98 Å². The molecule has 1 aromatic carbocycles. The van der Waals surface area contributed by atoms with Crippen molar-refractivity contribution < 1.29 is 19.4 Å². The molecule has 0 bridgehead atoms. The van der Waals surface area contributed by atoms with Crippen LogP contribution in [0.4, 0.5) is 0 Å². The van der Waals surface area contributed by atoms with Gasteiger partial charge in [0, 0.05) is 55.6 Å². The van der Waals surface area contributed by atoms with Crippen LogP contribution in [0.1, 0.15) is 36.2 Å². The summed E-state index contributed by atoms with van der Waals surface area (Å²) in [5.74, 6) is -0.500. The molecule has 8 nitrogen and oxygen atoms in total. The predicted octanol–water partition coefficient (Wildman–Crippen LogP) is 3.61. The zero-order valence-electron chi connectivity index (χ0n) is 18.2. The summed E-state index contributed by atoms with van der Waals surface area (Å²) in [6.07, 6.45) is 3.92. The number of aromatic nitrogens is 2. The first-order chi connectivity index (χ1) is 15.4. The predicted molar refractivity (Wildman–Crippen MR) is 123 cm³/mol. The van der Waals surface area contributed by atoms with Crippen LogP contribution in [0.2, 0.25) is 0 Å². The summed E-state index contributed by atoms with van der Waals surface area (Å²) >= 11 is 1.51. The van der Waals surface area contributed by atoms with E-state index in [0.717, 1.165) is 33.9 Å². The highest BCUT2D eigenvalue weighted by Crippen LogP contribution is 2.40. The minimum atomic E-state index is -1.23. The third-order valence-electron chi connectivity index (χ3n) is 5.36. The van der Waals surface area contributed by atoms with Crippen LogP contribution in [-0.2, 0) is 11.3 Å². The summed E-state index contributed by atoms with van der Waals surface area (Å²) in [4.78, 5) is 28.6. The van der Waals surface area contributed by atoms with Gasteiger partial charge in [-0.1, -0.05) is 0 Å². The summed E-state index contributed by atoms with van der Waals surface area (Å²) in [5, 5.41) is 14.2. The maximum absolute atomic E-state index is 12.5. The van der Waals surface area contributed by atoms with Gasteiger partial charge in [-0.05, 0) is 31.5 Å². The van der Waals surface area contributed by atoms with Gasteiger partial charge in [-0.3, -0.25) is 9.47 Å². The van der Waals surface area contributed by atoms with Gasteiger partial charge in [-0.2, -0.15) is 0 Å². The molecule has 9 heteroatoms. The molecule has 0 atom stereocenters. The van der Waals surface area contributed by atoms with Gasteiger partial charge >= 0.3 is 5.97 Å². The topological polar surface area (TPSA) is 93.9 Å². The number of benzene rings is 1. The minimum absolute atomic E-state index is 0.0794. The molecule has 0 saturated carbocycles. The molecule has 4 rings (SSSR count). The Balaban J connectivity index is 1.88. The van der Waals surface area contributed by atoms with Gasteiger partial charge < -0.3 is 19.6 Å². The van der Waals surface area contributed by atoms with E-state index in [4.69, 9.17) is 9.47 Å². The molecule has 2 aromatic heterocycles. The molecule has 32 heavy (non-hydrogen) atoms. The Bertz CT molecular complexity index is 1190. The number of fused-ring (bicyclic) bond motifs is 3. The van der Waals surface area contributed by atoms with Crippen molar-refractivity contribution in [1.29, 1.82) is 0 Å². The van der Waals surface area contributed by atoms with Crippen LogP contribution in [0.5, 0.6) is 5.75 Å². The molecule has 1 N–H and O–H groups in total. The van der Waals surface area contributed by atoms with Crippen molar-refractivity contribution in [1.82, 2.24) is 9.66 Å². The lowest BCUT2D eigenvalue weighted by Gasteiger charge is -2.38. The van der Waals surface area contributed by atoms with Crippen molar-refractivity contribution >= 4 is 17.3 Å². The maximum Gasteiger partial charge on any atom is 0.341 e. The van der Waals surface area contributed by atoms with E-state index in [1.54, 1.807) is 18.0 Å². The Morgan fingerprint density at radius 2 is 2.06 bits per heavy atom. The second-order valence-corrected chi connectivity index (χ2v) is 8.71. The summed E-state index contributed by atoms with van der Waals surface area (Å²) in [6.45, 7) is 5.73. The van der Waals surface area contributed by atoms with E-state index in [-0.39, 0.29) is 11.6 Å². The smallest absolute Gasteiger partial charge is 0.341 e. The first-order valence-corrected chi connectivity index (χ1v) is 11.2. The Morgan fingerprint density at radius 3 is 2.72 bits per heavy atom. The third-order valence-corrected chi connectivity index (χ3v) is 6.17. The molecule has 0 aliphatic carbocycles. The number of thiazole rings is 1. The van der Waals surface area contributed by atoms with E-state index in [1.807, 2.05) is 36.4 Å². The van der Waals surface area contributed by atoms with Crippen molar-refractivity contribution in [2.75, 3.05) is 25.3 Å². The molecule has 168 valence electrons. The first kappa shape index (κ1) is 22.0. The van der Waals surface area contributed by atoms with Crippen LogP contribution in [0.3, 0.4) is 0 Å². The lowest BCUT2D eigenvalue weighted by molar-refractivity contribution is 0.0694. The number of aromatic carboxylic acids is 1. The van der Waals surface area contributed by atoms with Gasteiger partial charge in [0.1, 0.15) is 16.3 Å². The third kappa shape index (κ3) is 4.13. The highest BCUT2D eigenvalue weighted by molar-refractivity contribution is 7.13. The number of ether oxygens (including phenoxy) is 2. The number of carboxylic acid groups (broad SMARTS) is 1. The molecule has 0 radical (unpaired) electrons. The lowest BCUT2D eigenvalue weighted by Crippen LogP contribution is -2.44. The molecule has 1 aliphatic rings. The quantitative estimate of drug-likeness (QED) is 0.519. The normalized spacial score (nSPS) is 12.6. The number of nitrogens with zero attached hydrogens (tertiary/aromatic N) is 3. The minimum Gasteiger partial charge on any atom is -0.493 e. The van der Waals surface area contributed by atoms with E-state index >= 15 is 0 Å². The van der Waals surface area contributed by atoms with Gasteiger partial charge in [-0.15, -0.1) is 11.3 Å². The van der Waals surface area contributed by atoms with Crippen molar-refractivity contribution in [3.63, 3.8) is 0 Å². The first-order valence-electron chi connectivity index (χ1n) is 10.4. The molecule has 3 heterocycles. The van der Waals surface area contributed by atoms with Crippen LogP contribution < -0.4 is 15.2 Å². The number of carbonyl (C=O) groups is 1. The van der Waals surface area contributed by atoms with Gasteiger partial charge in [-0.25, -0.2) is 9.78 Å². The standard InChI is InChI=1S/C23H25N3O5S/c1-14(2)25-12-15-9-21(31-7-4-6-30-3)17(22-24-5-8-32-22)10-16(15)19-11-20(27)18(23(28)29)13-26(19)25/h5,8-11,13-14H,4,6-7,12H2,1-3H3,(H,28,29). The molecular formula is C23H25N3O5S. The number of carboxylic acids is 1. The molecule has 1 aliphatic heterocycles. The van der Waals surface area contributed by atoms with Crippen LogP contribution in [0.15, 0.2) is 40.8 Å². The number of rotatable bonds is 8. The Kier molecular flexibility index (Phi) is 6.29. The lowest BCUT2D eigenvalue weighted by atomic mass is 9.97. The average Bonchev–Trinajstić information content (AvgIpc) is 3.29. The van der Waals surface area contributed by atoms with Crippen LogP contribution in [0, 0.1) is 0 Å². The second-order valence-electron chi connectivity index (χ2n) is 7.82.